The number of benzene rings is 2. The van der Waals surface area contributed by atoms with Crippen LogP contribution in [0.3, 0.4) is 0 Å². The molecule has 1 aromatic heterocycles. The minimum atomic E-state index is -0.491. The van der Waals surface area contributed by atoms with E-state index in [4.69, 9.17) is 11.6 Å². The van der Waals surface area contributed by atoms with Crippen LogP contribution in [0.25, 0.3) is 11.3 Å². The third kappa shape index (κ3) is 3.10. The van der Waals surface area contributed by atoms with E-state index in [0.717, 1.165) is 5.56 Å². The number of carbonyl (C=O) groups excluding carboxylic acids is 1. The third-order valence-electron chi connectivity index (χ3n) is 3.38. The Hall–Kier alpha value is -2.66. The third-order valence-corrected chi connectivity index (χ3v) is 3.71. The zero-order valence-electron chi connectivity index (χ0n) is 12.3. The largest absolute Gasteiger partial charge is 0.318 e. The highest BCUT2D eigenvalue weighted by Gasteiger charge is 2.16. The molecule has 4 nitrogen and oxygen atoms in total. The summed E-state index contributed by atoms with van der Waals surface area (Å²) >= 11 is 6.15. The summed E-state index contributed by atoms with van der Waals surface area (Å²) in [6.45, 7) is 0. The summed E-state index contributed by atoms with van der Waals surface area (Å²) in [6.07, 6.45) is 0. The van der Waals surface area contributed by atoms with Crippen molar-refractivity contribution in [2.75, 3.05) is 5.32 Å². The maximum atomic E-state index is 13.6. The number of anilines is 1. The number of halogens is 2. The van der Waals surface area contributed by atoms with Crippen LogP contribution in [-0.2, 0) is 7.05 Å². The zero-order valence-corrected chi connectivity index (χ0v) is 13.0. The fourth-order valence-corrected chi connectivity index (χ4v) is 2.46. The van der Waals surface area contributed by atoms with Crippen molar-refractivity contribution in [3.05, 3.63) is 71.1 Å². The molecule has 0 unspecified atom stereocenters. The van der Waals surface area contributed by atoms with Gasteiger partial charge in [-0.2, -0.15) is 5.10 Å². The van der Waals surface area contributed by atoms with Gasteiger partial charge in [-0.25, -0.2) is 4.39 Å². The van der Waals surface area contributed by atoms with Gasteiger partial charge in [0.25, 0.3) is 5.91 Å². The molecule has 0 aliphatic rings. The van der Waals surface area contributed by atoms with Gasteiger partial charge in [-0.15, -0.1) is 0 Å². The topological polar surface area (TPSA) is 46.9 Å². The molecule has 23 heavy (non-hydrogen) atoms. The summed E-state index contributed by atoms with van der Waals surface area (Å²) in [5, 5.41) is 7.39. The van der Waals surface area contributed by atoms with E-state index in [9.17, 15) is 9.18 Å². The highest BCUT2D eigenvalue weighted by Crippen LogP contribution is 2.27. The lowest BCUT2D eigenvalue weighted by molar-refractivity contribution is 0.101. The second-order valence-electron chi connectivity index (χ2n) is 4.95. The van der Waals surface area contributed by atoms with Crippen molar-refractivity contribution in [3.8, 4) is 11.3 Å². The number of nitrogens with one attached hydrogen (secondary N) is 1. The van der Waals surface area contributed by atoms with Crippen molar-refractivity contribution in [2.45, 2.75) is 0 Å². The predicted molar refractivity (Wildman–Crippen MR) is 88.0 cm³/mol. The Bertz CT molecular complexity index is 876. The van der Waals surface area contributed by atoms with Gasteiger partial charge in [0.2, 0.25) is 0 Å². The monoisotopic (exact) mass is 329 g/mol. The Labute approximate surface area is 137 Å². The maximum absolute atomic E-state index is 13.6. The van der Waals surface area contributed by atoms with Crippen molar-refractivity contribution in [2.24, 2.45) is 7.05 Å². The molecular weight excluding hydrogens is 317 g/mol. The lowest BCUT2D eigenvalue weighted by Crippen LogP contribution is -2.16. The molecule has 0 fully saturated rings. The molecule has 2 aromatic carbocycles. The summed E-state index contributed by atoms with van der Waals surface area (Å²) in [4.78, 5) is 12.3. The van der Waals surface area contributed by atoms with Gasteiger partial charge in [0.15, 0.2) is 0 Å². The van der Waals surface area contributed by atoms with Crippen molar-refractivity contribution in [1.29, 1.82) is 0 Å². The van der Waals surface area contributed by atoms with Crippen LogP contribution in [0.4, 0.5) is 10.1 Å². The van der Waals surface area contributed by atoms with Crippen LogP contribution in [0.2, 0.25) is 5.02 Å². The molecule has 1 amide bonds. The summed E-state index contributed by atoms with van der Waals surface area (Å²) in [5.74, 6) is -0.933. The van der Waals surface area contributed by atoms with Crippen LogP contribution in [0, 0.1) is 5.82 Å². The van der Waals surface area contributed by atoms with Crippen molar-refractivity contribution in [1.82, 2.24) is 9.78 Å². The maximum Gasteiger partial charge on any atom is 0.274 e. The van der Waals surface area contributed by atoms with Crippen molar-refractivity contribution in [3.63, 3.8) is 0 Å². The van der Waals surface area contributed by atoms with E-state index in [0.29, 0.717) is 16.4 Å². The summed E-state index contributed by atoms with van der Waals surface area (Å²) in [7, 11) is 1.65. The predicted octanol–water partition coefficient (Wildman–Crippen LogP) is 4.13. The fourth-order valence-electron chi connectivity index (χ4n) is 2.23. The number of para-hydroxylation sites is 1. The second-order valence-corrected chi connectivity index (χ2v) is 5.36. The first-order valence-corrected chi connectivity index (χ1v) is 7.29. The van der Waals surface area contributed by atoms with E-state index < -0.39 is 11.7 Å². The van der Waals surface area contributed by atoms with Crippen LogP contribution in [-0.4, -0.2) is 15.7 Å². The number of hydrogen-bond acceptors (Lipinski definition) is 2. The molecule has 3 aromatic rings. The summed E-state index contributed by atoms with van der Waals surface area (Å²) in [5.41, 5.74) is 1.74. The zero-order chi connectivity index (χ0) is 16.4. The number of hydrogen-bond donors (Lipinski definition) is 1. The molecule has 1 heterocycles. The number of nitrogens with zero attached hydrogens (tertiary/aromatic N) is 2. The number of carbonyl (C=O) groups is 1. The highest BCUT2D eigenvalue weighted by atomic mass is 35.5. The van der Waals surface area contributed by atoms with E-state index in [1.165, 1.54) is 16.8 Å². The summed E-state index contributed by atoms with van der Waals surface area (Å²) < 4.78 is 15.1. The highest BCUT2D eigenvalue weighted by molar-refractivity contribution is 6.33. The first-order valence-electron chi connectivity index (χ1n) is 6.91. The van der Waals surface area contributed by atoms with Crippen LogP contribution < -0.4 is 5.32 Å². The molecule has 0 atom stereocenters. The molecule has 0 saturated heterocycles. The van der Waals surface area contributed by atoms with Crippen molar-refractivity contribution < 1.29 is 9.18 Å². The molecule has 116 valence electrons. The number of rotatable bonds is 3. The lowest BCUT2D eigenvalue weighted by Gasteiger charge is -2.05. The van der Waals surface area contributed by atoms with Gasteiger partial charge in [0.1, 0.15) is 11.5 Å². The molecule has 0 aliphatic heterocycles. The van der Waals surface area contributed by atoms with E-state index in [1.807, 2.05) is 18.2 Å². The van der Waals surface area contributed by atoms with Crippen LogP contribution in [0.5, 0.6) is 0 Å². The second kappa shape index (κ2) is 6.22. The molecule has 6 heteroatoms. The smallest absolute Gasteiger partial charge is 0.274 e. The Morgan fingerprint density at radius 1 is 1.17 bits per heavy atom. The van der Waals surface area contributed by atoms with Gasteiger partial charge < -0.3 is 5.32 Å². The summed E-state index contributed by atoms with van der Waals surface area (Å²) in [6, 6.07) is 14.9. The number of amides is 1. The normalized spacial score (nSPS) is 10.6. The fraction of sp³-hybridized carbons (Fsp3) is 0.0588. The van der Waals surface area contributed by atoms with Crippen molar-refractivity contribution >= 4 is 23.2 Å². The number of aromatic nitrogens is 2. The standard InChI is InChI=1S/C17H13ClFN3O/c1-22-16(17(23)20-14-9-5-4-8-13(14)19)10-15(21-22)11-6-2-3-7-12(11)18/h2-10H,1H3,(H,20,23). The molecule has 1 N–H and O–H groups in total. The SMILES string of the molecule is Cn1nc(-c2ccccc2Cl)cc1C(=O)Nc1ccccc1F. The van der Waals surface area contributed by atoms with Gasteiger partial charge in [-0.3, -0.25) is 9.48 Å². The van der Waals surface area contributed by atoms with E-state index in [2.05, 4.69) is 10.4 Å². The first kappa shape index (κ1) is 15.2. The molecule has 0 saturated carbocycles. The Balaban J connectivity index is 1.91. The minimum Gasteiger partial charge on any atom is -0.318 e. The molecule has 0 aliphatic carbocycles. The molecular formula is C17H13ClFN3O. The van der Waals surface area contributed by atoms with E-state index in [-0.39, 0.29) is 5.69 Å². The molecule has 0 radical (unpaired) electrons. The van der Waals surface area contributed by atoms with E-state index >= 15 is 0 Å². The van der Waals surface area contributed by atoms with Gasteiger partial charge in [0.05, 0.1) is 16.4 Å². The molecule has 0 spiro atoms. The van der Waals surface area contributed by atoms with E-state index in [1.54, 1.807) is 31.3 Å². The van der Waals surface area contributed by atoms with Gasteiger partial charge >= 0.3 is 0 Å². The first-order chi connectivity index (χ1) is 11.1. The minimum absolute atomic E-state index is 0.123. The Morgan fingerprint density at radius 2 is 1.87 bits per heavy atom. The van der Waals surface area contributed by atoms with Gasteiger partial charge in [-0.05, 0) is 24.3 Å². The Morgan fingerprint density at radius 3 is 2.61 bits per heavy atom. The van der Waals surface area contributed by atoms with Crippen LogP contribution in [0.1, 0.15) is 10.5 Å². The lowest BCUT2D eigenvalue weighted by atomic mass is 10.1. The van der Waals surface area contributed by atoms with Crippen LogP contribution in [0.15, 0.2) is 54.6 Å². The average molecular weight is 330 g/mol. The Kier molecular flexibility index (Phi) is 4.12. The number of aryl methyl sites for hydroxylation is 1. The molecule has 3 rings (SSSR count). The van der Waals surface area contributed by atoms with Gasteiger partial charge in [0, 0.05) is 12.6 Å². The quantitative estimate of drug-likeness (QED) is 0.785. The molecule has 0 bridgehead atoms. The van der Waals surface area contributed by atoms with Crippen LogP contribution >= 0.6 is 11.6 Å². The average Bonchev–Trinajstić information content (AvgIpc) is 2.92. The van der Waals surface area contributed by atoms with Gasteiger partial charge in [-0.1, -0.05) is 41.9 Å².